The quantitative estimate of drug-likeness (QED) is 0.511. The number of carbonyl (C=O) groups is 1. The highest BCUT2D eigenvalue weighted by Gasteiger charge is 2.24. The summed E-state index contributed by atoms with van der Waals surface area (Å²) in [6, 6.07) is 14.2. The average molecular weight is 407 g/mol. The molecule has 4 rings (SSSR count). The summed E-state index contributed by atoms with van der Waals surface area (Å²) in [5.41, 5.74) is 5.57. The van der Waals surface area contributed by atoms with Crippen molar-refractivity contribution in [3.63, 3.8) is 0 Å². The van der Waals surface area contributed by atoms with Crippen LogP contribution in [-0.2, 0) is 6.42 Å². The number of piperidine rings is 1. The number of hydrogen-bond acceptors (Lipinski definition) is 2. The molecule has 1 fully saturated rings. The van der Waals surface area contributed by atoms with Crippen LogP contribution in [0.2, 0.25) is 5.02 Å². The van der Waals surface area contributed by atoms with Gasteiger partial charge in [-0.3, -0.25) is 4.79 Å². The molecule has 3 aromatic rings. The lowest BCUT2D eigenvalue weighted by atomic mass is 9.97. The van der Waals surface area contributed by atoms with Crippen LogP contribution in [-0.4, -0.2) is 28.9 Å². The van der Waals surface area contributed by atoms with E-state index in [-0.39, 0.29) is 5.91 Å². The Bertz CT molecular complexity index is 1050. The number of fused-ring (bicyclic) bond motifs is 1. The molecule has 1 aliphatic heterocycles. The number of nitrogens with zero attached hydrogens (tertiary/aromatic N) is 2. The van der Waals surface area contributed by atoms with Crippen molar-refractivity contribution in [2.75, 3.05) is 13.1 Å². The first-order valence-electron chi connectivity index (χ1n) is 10.5. The number of amides is 1. The highest BCUT2D eigenvalue weighted by Crippen LogP contribution is 2.31. The zero-order valence-electron chi connectivity index (χ0n) is 17.3. The van der Waals surface area contributed by atoms with Crippen molar-refractivity contribution in [3.05, 3.63) is 64.2 Å². The molecule has 1 amide bonds. The third-order valence-corrected chi connectivity index (χ3v) is 6.54. The van der Waals surface area contributed by atoms with Gasteiger partial charge in [-0.1, -0.05) is 55.8 Å². The zero-order chi connectivity index (χ0) is 20.5. The summed E-state index contributed by atoms with van der Waals surface area (Å²) in [7, 11) is 0. The van der Waals surface area contributed by atoms with E-state index >= 15 is 0 Å². The van der Waals surface area contributed by atoms with E-state index in [1.165, 1.54) is 5.56 Å². The first kappa shape index (κ1) is 19.9. The number of carbonyl (C=O) groups excluding carboxylic acids is 1. The Kier molecular flexibility index (Phi) is 5.60. The molecule has 4 heteroatoms. The maximum atomic E-state index is 13.5. The van der Waals surface area contributed by atoms with E-state index in [0.29, 0.717) is 10.9 Å². The number of rotatable bonds is 3. The summed E-state index contributed by atoms with van der Waals surface area (Å²) < 4.78 is 0. The molecular weight excluding hydrogens is 380 g/mol. The average Bonchev–Trinajstić information content (AvgIpc) is 2.76. The molecule has 0 radical (unpaired) electrons. The molecule has 2 aromatic carbocycles. The predicted octanol–water partition coefficient (Wildman–Crippen LogP) is 6.30. The molecule has 2 heterocycles. The fourth-order valence-corrected chi connectivity index (χ4v) is 4.17. The van der Waals surface area contributed by atoms with Gasteiger partial charge in [-0.25, -0.2) is 4.98 Å². The van der Waals surface area contributed by atoms with Crippen molar-refractivity contribution in [1.29, 1.82) is 0 Å². The monoisotopic (exact) mass is 406 g/mol. The number of aromatic nitrogens is 1. The van der Waals surface area contributed by atoms with Crippen LogP contribution >= 0.6 is 11.6 Å². The molecule has 1 saturated heterocycles. The highest BCUT2D eigenvalue weighted by molar-refractivity contribution is 6.32. The van der Waals surface area contributed by atoms with Crippen LogP contribution in [0.5, 0.6) is 0 Å². The van der Waals surface area contributed by atoms with Gasteiger partial charge in [0.15, 0.2) is 0 Å². The molecule has 1 aliphatic rings. The minimum absolute atomic E-state index is 0.0949. The number of aryl methyl sites for hydroxylation is 2. The van der Waals surface area contributed by atoms with Crippen molar-refractivity contribution in [2.45, 2.75) is 40.0 Å². The summed E-state index contributed by atoms with van der Waals surface area (Å²) in [6.45, 7) is 8.00. The first-order valence-corrected chi connectivity index (χ1v) is 10.8. The van der Waals surface area contributed by atoms with E-state index < -0.39 is 0 Å². The fourth-order valence-electron chi connectivity index (χ4n) is 4.02. The van der Waals surface area contributed by atoms with Gasteiger partial charge in [0.1, 0.15) is 0 Å². The van der Waals surface area contributed by atoms with Gasteiger partial charge < -0.3 is 4.90 Å². The molecule has 29 heavy (non-hydrogen) atoms. The molecule has 150 valence electrons. The van der Waals surface area contributed by atoms with Gasteiger partial charge in [0.2, 0.25) is 0 Å². The third-order valence-electron chi connectivity index (χ3n) is 6.13. The number of hydrogen-bond donors (Lipinski definition) is 0. The summed E-state index contributed by atoms with van der Waals surface area (Å²) in [5, 5.41) is 1.55. The predicted molar refractivity (Wildman–Crippen MR) is 121 cm³/mol. The van der Waals surface area contributed by atoms with Crippen LogP contribution < -0.4 is 0 Å². The molecule has 0 spiro atoms. The SMILES string of the molecule is CCc1ccc(-c2cc(C(=O)N3CCC(C)CC3)c3ccc(Cl)c(C)c3n2)cc1. The van der Waals surface area contributed by atoms with Crippen molar-refractivity contribution in [1.82, 2.24) is 9.88 Å². The smallest absolute Gasteiger partial charge is 0.254 e. The number of pyridine rings is 1. The van der Waals surface area contributed by atoms with Gasteiger partial charge in [-0.2, -0.15) is 0 Å². The Balaban J connectivity index is 1.85. The topological polar surface area (TPSA) is 33.2 Å². The molecule has 0 saturated carbocycles. The molecular formula is C25H27ClN2O. The third kappa shape index (κ3) is 3.89. The van der Waals surface area contributed by atoms with Crippen LogP contribution in [0, 0.1) is 12.8 Å². The minimum Gasteiger partial charge on any atom is -0.339 e. The number of benzene rings is 2. The maximum Gasteiger partial charge on any atom is 0.254 e. The van der Waals surface area contributed by atoms with E-state index in [0.717, 1.165) is 65.6 Å². The Morgan fingerprint density at radius 1 is 1.14 bits per heavy atom. The second-order valence-corrected chi connectivity index (χ2v) is 8.56. The summed E-state index contributed by atoms with van der Waals surface area (Å²) in [4.78, 5) is 20.4. The van der Waals surface area contributed by atoms with Crippen molar-refractivity contribution in [2.24, 2.45) is 5.92 Å². The van der Waals surface area contributed by atoms with E-state index in [2.05, 4.69) is 38.1 Å². The Labute approximate surface area is 177 Å². The molecule has 1 aromatic heterocycles. The second kappa shape index (κ2) is 8.16. The minimum atomic E-state index is 0.0949. The molecule has 0 atom stereocenters. The fraction of sp³-hybridized carbons (Fsp3) is 0.360. The lowest BCUT2D eigenvalue weighted by molar-refractivity contribution is 0.0699. The normalized spacial score (nSPS) is 15.1. The molecule has 3 nitrogen and oxygen atoms in total. The van der Waals surface area contributed by atoms with E-state index in [1.807, 2.05) is 30.0 Å². The van der Waals surface area contributed by atoms with E-state index in [1.54, 1.807) is 0 Å². The van der Waals surface area contributed by atoms with Gasteiger partial charge in [0, 0.05) is 29.1 Å². The number of halogens is 1. The van der Waals surface area contributed by atoms with E-state index in [9.17, 15) is 4.79 Å². The standard InChI is InChI=1S/C25H27ClN2O/c1-4-18-5-7-19(8-6-18)23-15-21(25(29)28-13-11-16(2)12-14-28)20-9-10-22(26)17(3)24(20)27-23/h5-10,15-16H,4,11-14H2,1-3H3. The van der Waals surface area contributed by atoms with Gasteiger partial charge in [0.25, 0.3) is 5.91 Å². The summed E-state index contributed by atoms with van der Waals surface area (Å²) in [6.07, 6.45) is 3.12. The summed E-state index contributed by atoms with van der Waals surface area (Å²) in [5.74, 6) is 0.777. The first-order chi connectivity index (χ1) is 14.0. The van der Waals surface area contributed by atoms with Crippen LogP contribution in [0.1, 0.15) is 48.2 Å². The molecule has 0 aliphatic carbocycles. The highest BCUT2D eigenvalue weighted by atomic mass is 35.5. The van der Waals surface area contributed by atoms with E-state index in [4.69, 9.17) is 16.6 Å². The van der Waals surface area contributed by atoms with Crippen LogP contribution in [0.15, 0.2) is 42.5 Å². The largest absolute Gasteiger partial charge is 0.339 e. The zero-order valence-corrected chi connectivity index (χ0v) is 18.1. The van der Waals surface area contributed by atoms with Gasteiger partial charge in [-0.05, 0) is 55.4 Å². The van der Waals surface area contributed by atoms with Crippen molar-refractivity contribution >= 4 is 28.4 Å². The van der Waals surface area contributed by atoms with Gasteiger partial charge >= 0.3 is 0 Å². The van der Waals surface area contributed by atoms with Crippen molar-refractivity contribution in [3.8, 4) is 11.3 Å². The maximum absolute atomic E-state index is 13.5. The Morgan fingerprint density at radius 2 is 1.83 bits per heavy atom. The van der Waals surface area contributed by atoms with Crippen LogP contribution in [0.3, 0.4) is 0 Å². The van der Waals surface area contributed by atoms with Gasteiger partial charge in [0.05, 0.1) is 16.8 Å². The Hall–Kier alpha value is -2.39. The van der Waals surface area contributed by atoms with Crippen molar-refractivity contribution < 1.29 is 4.79 Å². The second-order valence-electron chi connectivity index (χ2n) is 8.15. The summed E-state index contributed by atoms with van der Waals surface area (Å²) >= 11 is 6.39. The van der Waals surface area contributed by atoms with Crippen LogP contribution in [0.25, 0.3) is 22.2 Å². The lowest BCUT2D eigenvalue weighted by Crippen LogP contribution is -2.38. The molecule has 0 unspecified atom stereocenters. The molecule has 0 N–H and O–H groups in total. The number of likely N-dealkylation sites (tertiary alicyclic amines) is 1. The van der Waals surface area contributed by atoms with Gasteiger partial charge in [-0.15, -0.1) is 0 Å². The molecule has 0 bridgehead atoms. The lowest BCUT2D eigenvalue weighted by Gasteiger charge is -2.30. The Morgan fingerprint density at radius 3 is 2.48 bits per heavy atom. The van der Waals surface area contributed by atoms with Crippen LogP contribution in [0.4, 0.5) is 0 Å².